The van der Waals surface area contributed by atoms with Crippen LogP contribution in [0.15, 0.2) is 35.3 Å². The van der Waals surface area contributed by atoms with Gasteiger partial charge in [-0.2, -0.15) is 0 Å². The van der Waals surface area contributed by atoms with Gasteiger partial charge in [0.05, 0.1) is 11.4 Å². The number of primary amides is 1. The number of nitrogens with two attached hydrogens (primary N) is 1. The Morgan fingerprint density at radius 2 is 2.13 bits per heavy atom. The third kappa shape index (κ3) is 4.61. The minimum atomic E-state index is -3.27. The average molecular weight is 442 g/mol. The third-order valence-electron chi connectivity index (χ3n) is 6.83. The van der Waals surface area contributed by atoms with Crippen LogP contribution in [0.1, 0.15) is 43.5 Å². The predicted molar refractivity (Wildman–Crippen MR) is 124 cm³/mol. The standard InChI is InChI=1S/C24H31N3O3S/c1-16-7-9-21-20(13-17(16)2)18(8-10-23(25)28)14-24(26-21)27-11-12-31(29,30)22-6-4-3-5-19(22)15-27/h3-4,6-7,9,14,16-17,19H,5,8,10-13,15H2,1-2H3,(H2,25,28). The number of allylic oxidation sites excluding steroid dienone is 4. The van der Waals surface area contributed by atoms with Crippen molar-refractivity contribution < 1.29 is 13.2 Å². The SMILES string of the molecule is CC1C=Cc2nc(N3CCS(=O)(=O)C4=CC=CCC4C3)cc(CCC(N)=O)c2CC1C. The number of aromatic nitrogens is 1. The Balaban J connectivity index is 1.73. The molecular weight excluding hydrogens is 410 g/mol. The van der Waals surface area contributed by atoms with E-state index in [2.05, 4.69) is 37.0 Å². The van der Waals surface area contributed by atoms with Crippen LogP contribution in [0.5, 0.6) is 0 Å². The largest absolute Gasteiger partial charge is 0.370 e. The first-order chi connectivity index (χ1) is 14.7. The fourth-order valence-electron chi connectivity index (χ4n) is 4.68. The molecule has 3 aliphatic rings. The lowest BCUT2D eigenvalue weighted by Gasteiger charge is -2.27. The average Bonchev–Trinajstić information content (AvgIpc) is 2.96. The lowest BCUT2D eigenvalue weighted by Crippen LogP contribution is -2.31. The maximum Gasteiger partial charge on any atom is 0.217 e. The number of hydrogen-bond acceptors (Lipinski definition) is 5. The molecular formula is C24H31N3O3S. The zero-order valence-electron chi connectivity index (χ0n) is 18.3. The van der Waals surface area contributed by atoms with Crippen LogP contribution in [0.25, 0.3) is 6.08 Å². The van der Waals surface area contributed by atoms with Gasteiger partial charge in [0.2, 0.25) is 5.91 Å². The molecule has 0 spiro atoms. The summed E-state index contributed by atoms with van der Waals surface area (Å²) < 4.78 is 25.6. The van der Waals surface area contributed by atoms with Gasteiger partial charge in [-0.15, -0.1) is 0 Å². The van der Waals surface area contributed by atoms with Gasteiger partial charge in [0.1, 0.15) is 5.82 Å². The van der Waals surface area contributed by atoms with E-state index in [9.17, 15) is 13.2 Å². The molecule has 2 heterocycles. The Hall–Kier alpha value is -2.41. The molecule has 0 saturated carbocycles. The summed E-state index contributed by atoms with van der Waals surface area (Å²) in [5.41, 5.74) is 8.65. The summed E-state index contributed by atoms with van der Waals surface area (Å²) in [7, 11) is -3.27. The van der Waals surface area contributed by atoms with Gasteiger partial charge >= 0.3 is 0 Å². The van der Waals surface area contributed by atoms with Gasteiger partial charge in [-0.1, -0.05) is 32.1 Å². The molecule has 1 fully saturated rings. The summed E-state index contributed by atoms with van der Waals surface area (Å²) in [4.78, 5) is 19.1. The van der Waals surface area contributed by atoms with Crippen molar-refractivity contribution in [1.29, 1.82) is 0 Å². The van der Waals surface area contributed by atoms with Gasteiger partial charge in [-0.05, 0) is 60.4 Å². The fourth-order valence-corrected chi connectivity index (χ4v) is 6.34. The molecule has 0 aromatic carbocycles. The molecule has 7 heteroatoms. The number of carbonyl (C=O) groups is 1. The first-order valence-corrected chi connectivity index (χ1v) is 12.7. The van der Waals surface area contributed by atoms with Gasteiger partial charge < -0.3 is 10.6 Å². The molecule has 6 nitrogen and oxygen atoms in total. The summed E-state index contributed by atoms with van der Waals surface area (Å²) in [5, 5.41) is 0. The van der Waals surface area contributed by atoms with E-state index >= 15 is 0 Å². The molecule has 31 heavy (non-hydrogen) atoms. The summed E-state index contributed by atoms with van der Waals surface area (Å²) in [5.74, 6) is 1.41. The molecule has 166 valence electrons. The second-order valence-electron chi connectivity index (χ2n) is 9.06. The second kappa shape index (κ2) is 8.61. The molecule has 0 radical (unpaired) electrons. The number of sulfone groups is 1. The maximum absolute atomic E-state index is 12.8. The summed E-state index contributed by atoms with van der Waals surface area (Å²) >= 11 is 0. The van der Waals surface area contributed by atoms with Gasteiger partial charge in [-0.25, -0.2) is 13.4 Å². The highest BCUT2D eigenvalue weighted by molar-refractivity contribution is 7.95. The second-order valence-corrected chi connectivity index (χ2v) is 11.2. The highest BCUT2D eigenvalue weighted by Gasteiger charge is 2.33. The highest BCUT2D eigenvalue weighted by atomic mass is 32.2. The minimum absolute atomic E-state index is 0.0530. The normalized spacial score (nSPS) is 27.0. The zero-order chi connectivity index (χ0) is 22.2. The van der Waals surface area contributed by atoms with Crippen LogP contribution in [0.2, 0.25) is 0 Å². The molecule has 2 aliphatic carbocycles. The van der Waals surface area contributed by atoms with Gasteiger partial charge in [0, 0.05) is 30.3 Å². The number of anilines is 1. The first kappa shape index (κ1) is 21.8. The lowest BCUT2D eigenvalue weighted by molar-refractivity contribution is -0.117. The lowest BCUT2D eigenvalue weighted by atomic mass is 9.89. The quantitative estimate of drug-likeness (QED) is 0.775. The molecule has 1 aromatic rings. The first-order valence-electron chi connectivity index (χ1n) is 11.1. The fraction of sp³-hybridized carbons (Fsp3) is 0.500. The monoisotopic (exact) mass is 441 g/mol. The smallest absolute Gasteiger partial charge is 0.217 e. The van der Waals surface area contributed by atoms with Crippen molar-refractivity contribution >= 4 is 27.6 Å². The number of aryl methyl sites for hydroxylation is 1. The van der Waals surface area contributed by atoms with Crippen molar-refractivity contribution in [3.8, 4) is 0 Å². The van der Waals surface area contributed by atoms with E-state index in [1.807, 2.05) is 12.2 Å². The summed E-state index contributed by atoms with van der Waals surface area (Å²) in [6.45, 7) is 5.47. The van der Waals surface area contributed by atoms with Crippen molar-refractivity contribution in [3.05, 3.63) is 52.1 Å². The molecule has 4 rings (SSSR count). The Bertz CT molecular complexity index is 1070. The van der Waals surface area contributed by atoms with Crippen LogP contribution in [0.3, 0.4) is 0 Å². The Morgan fingerprint density at radius 1 is 1.32 bits per heavy atom. The molecule has 0 bridgehead atoms. The number of hydrogen-bond donors (Lipinski definition) is 1. The van der Waals surface area contributed by atoms with Crippen LogP contribution in [-0.2, 0) is 27.5 Å². The van der Waals surface area contributed by atoms with Crippen molar-refractivity contribution in [2.24, 2.45) is 23.5 Å². The van der Waals surface area contributed by atoms with E-state index in [0.717, 1.165) is 29.9 Å². The molecule has 1 amide bonds. The van der Waals surface area contributed by atoms with E-state index in [4.69, 9.17) is 10.7 Å². The number of nitrogens with zero attached hydrogens (tertiary/aromatic N) is 2. The van der Waals surface area contributed by atoms with Crippen LogP contribution in [-0.4, -0.2) is 38.2 Å². The number of amides is 1. The van der Waals surface area contributed by atoms with Gasteiger partial charge in [-0.3, -0.25) is 4.79 Å². The molecule has 3 atom stereocenters. The molecule has 1 saturated heterocycles. The van der Waals surface area contributed by atoms with Crippen molar-refractivity contribution in [1.82, 2.24) is 4.98 Å². The molecule has 1 aromatic heterocycles. The molecule has 3 unspecified atom stereocenters. The topological polar surface area (TPSA) is 93.4 Å². The number of fused-ring (bicyclic) bond motifs is 2. The number of carbonyl (C=O) groups excluding carboxylic acids is 1. The predicted octanol–water partition coefficient (Wildman–Crippen LogP) is 3.04. The van der Waals surface area contributed by atoms with E-state index in [-0.39, 0.29) is 24.0 Å². The van der Waals surface area contributed by atoms with Gasteiger partial charge in [0.25, 0.3) is 0 Å². The van der Waals surface area contributed by atoms with Crippen LogP contribution in [0, 0.1) is 17.8 Å². The van der Waals surface area contributed by atoms with E-state index < -0.39 is 9.84 Å². The molecule has 1 aliphatic heterocycles. The van der Waals surface area contributed by atoms with Crippen LogP contribution in [0.4, 0.5) is 5.82 Å². The third-order valence-corrected chi connectivity index (χ3v) is 8.74. The number of pyridine rings is 1. The maximum atomic E-state index is 12.8. The van der Waals surface area contributed by atoms with Crippen molar-refractivity contribution in [2.75, 3.05) is 23.7 Å². The van der Waals surface area contributed by atoms with Crippen LogP contribution >= 0.6 is 0 Å². The summed E-state index contributed by atoms with van der Waals surface area (Å²) in [6.07, 6.45) is 12.4. The van der Waals surface area contributed by atoms with E-state index in [0.29, 0.717) is 36.3 Å². The number of rotatable bonds is 4. The highest BCUT2D eigenvalue weighted by Crippen LogP contribution is 2.34. The minimum Gasteiger partial charge on any atom is -0.370 e. The van der Waals surface area contributed by atoms with E-state index in [1.165, 1.54) is 5.56 Å². The Labute approximate surface area is 184 Å². The van der Waals surface area contributed by atoms with Crippen LogP contribution < -0.4 is 10.6 Å². The molecule has 2 N–H and O–H groups in total. The van der Waals surface area contributed by atoms with E-state index in [1.54, 1.807) is 6.08 Å². The Kier molecular flexibility index (Phi) is 6.06. The van der Waals surface area contributed by atoms with Gasteiger partial charge in [0.15, 0.2) is 9.84 Å². The Morgan fingerprint density at radius 3 is 2.90 bits per heavy atom. The van der Waals surface area contributed by atoms with Crippen molar-refractivity contribution in [2.45, 2.75) is 39.5 Å². The zero-order valence-corrected chi connectivity index (χ0v) is 19.1. The van der Waals surface area contributed by atoms with Crippen molar-refractivity contribution in [3.63, 3.8) is 0 Å². The summed E-state index contributed by atoms with van der Waals surface area (Å²) in [6, 6.07) is 2.05.